The Hall–Kier alpha value is -1.82. The van der Waals surface area contributed by atoms with Gasteiger partial charge < -0.3 is 10.0 Å². The number of alkyl halides is 3. The summed E-state index contributed by atoms with van der Waals surface area (Å²) >= 11 is 0. The largest absolute Gasteiger partial charge is 0.416 e. The van der Waals surface area contributed by atoms with Gasteiger partial charge in [0.1, 0.15) is 0 Å². The smallest absolute Gasteiger partial charge is 0.394 e. The highest BCUT2D eigenvalue weighted by Gasteiger charge is 2.30. The van der Waals surface area contributed by atoms with Crippen LogP contribution in [0, 0.1) is 0 Å². The van der Waals surface area contributed by atoms with Gasteiger partial charge in [0.05, 0.1) is 18.2 Å². The summed E-state index contributed by atoms with van der Waals surface area (Å²) in [6.45, 7) is 2.08. The Balaban J connectivity index is 2.20. The number of aliphatic hydroxyl groups excluding tert-OH is 1. The maximum atomic E-state index is 12.7. The van der Waals surface area contributed by atoms with E-state index in [1.807, 2.05) is 0 Å². The van der Waals surface area contributed by atoms with Gasteiger partial charge in [0, 0.05) is 12.6 Å². The Kier molecular flexibility index (Phi) is 4.90. The van der Waals surface area contributed by atoms with E-state index < -0.39 is 11.7 Å². The summed E-state index contributed by atoms with van der Waals surface area (Å²) in [7, 11) is 0. The molecule has 0 unspecified atom stereocenters. The SMILES string of the molecule is C/C(=C/C(=O)N1CCC[C@@H]1CO)c1cccc(C(F)(F)F)c1. The second-order valence-corrected chi connectivity index (χ2v) is 5.42. The first kappa shape index (κ1) is 16.5. The van der Waals surface area contributed by atoms with Crippen molar-refractivity contribution in [1.82, 2.24) is 4.90 Å². The van der Waals surface area contributed by atoms with E-state index in [0.717, 1.165) is 25.0 Å². The fourth-order valence-corrected chi connectivity index (χ4v) is 2.61. The number of amides is 1. The summed E-state index contributed by atoms with van der Waals surface area (Å²) in [5.41, 5.74) is 0.0993. The second kappa shape index (κ2) is 6.52. The molecule has 0 radical (unpaired) electrons. The highest BCUT2D eigenvalue weighted by molar-refractivity contribution is 5.95. The lowest BCUT2D eigenvalue weighted by Gasteiger charge is -2.21. The summed E-state index contributed by atoms with van der Waals surface area (Å²) in [5.74, 6) is -0.272. The van der Waals surface area contributed by atoms with Crippen molar-refractivity contribution < 1.29 is 23.1 Å². The van der Waals surface area contributed by atoms with Crippen molar-refractivity contribution in [3.63, 3.8) is 0 Å². The topological polar surface area (TPSA) is 40.5 Å². The van der Waals surface area contributed by atoms with Crippen molar-refractivity contribution >= 4 is 11.5 Å². The van der Waals surface area contributed by atoms with Crippen molar-refractivity contribution in [3.8, 4) is 0 Å². The van der Waals surface area contributed by atoms with Crippen LogP contribution in [0.25, 0.3) is 5.57 Å². The number of carbonyl (C=O) groups is 1. The molecule has 0 aliphatic carbocycles. The lowest BCUT2D eigenvalue weighted by atomic mass is 10.0. The first-order chi connectivity index (χ1) is 10.3. The molecule has 1 N–H and O–H groups in total. The third-order valence-corrected chi connectivity index (χ3v) is 3.86. The molecule has 1 aromatic carbocycles. The zero-order valence-electron chi connectivity index (χ0n) is 12.2. The Bertz CT molecular complexity index is 581. The minimum absolute atomic E-state index is 0.0951. The molecule has 22 heavy (non-hydrogen) atoms. The lowest BCUT2D eigenvalue weighted by Crippen LogP contribution is -2.36. The van der Waals surface area contributed by atoms with Crippen molar-refractivity contribution in [2.45, 2.75) is 32.0 Å². The third kappa shape index (κ3) is 3.68. The van der Waals surface area contributed by atoms with Crippen molar-refractivity contribution in [2.24, 2.45) is 0 Å². The van der Waals surface area contributed by atoms with Crippen LogP contribution < -0.4 is 0 Å². The molecule has 0 spiro atoms. The first-order valence-corrected chi connectivity index (χ1v) is 7.10. The molecule has 1 heterocycles. The van der Waals surface area contributed by atoms with Crippen LogP contribution in [0.3, 0.4) is 0 Å². The number of hydrogen-bond donors (Lipinski definition) is 1. The van der Waals surface area contributed by atoms with Crippen molar-refractivity contribution in [1.29, 1.82) is 0 Å². The quantitative estimate of drug-likeness (QED) is 0.871. The fourth-order valence-electron chi connectivity index (χ4n) is 2.61. The average molecular weight is 313 g/mol. The van der Waals surface area contributed by atoms with Gasteiger partial charge in [0.25, 0.3) is 0 Å². The molecule has 0 bridgehead atoms. The van der Waals surface area contributed by atoms with Gasteiger partial charge in [-0.1, -0.05) is 12.1 Å². The molecule has 3 nitrogen and oxygen atoms in total. The third-order valence-electron chi connectivity index (χ3n) is 3.86. The van der Waals surface area contributed by atoms with E-state index in [-0.39, 0.29) is 18.6 Å². The molecule has 1 amide bonds. The summed E-state index contributed by atoms with van der Waals surface area (Å²) in [4.78, 5) is 13.8. The number of nitrogens with zero attached hydrogens (tertiary/aromatic N) is 1. The number of carbonyl (C=O) groups excluding carboxylic acids is 1. The number of halogens is 3. The Morgan fingerprint density at radius 1 is 1.45 bits per heavy atom. The van der Waals surface area contributed by atoms with Gasteiger partial charge in [-0.15, -0.1) is 0 Å². The van der Waals surface area contributed by atoms with Gasteiger partial charge in [-0.2, -0.15) is 13.2 Å². The number of likely N-dealkylation sites (tertiary alicyclic amines) is 1. The van der Waals surface area contributed by atoms with Crippen LogP contribution in [0.4, 0.5) is 13.2 Å². The van der Waals surface area contributed by atoms with E-state index in [9.17, 15) is 23.1 Å². The Morgan fingerprint density at radius 3 is 2.82 bits per heavy atom. The molecule has 0 saturated carbocycles. The minimum Gasteiger partial charge on any atom is -0.394 e. The molecule has 120 valence electrons. The molecule has 1 aliphatic rings. The number of allylic oxidation sites excluding steroid dienone is 1. The van der Waals surface area contributed by atoms with E-state index in [1.54, 1.807) is 17.9 Å². The molecule has 0 aromatic heterocycles. The summed E-state index contributed by atoms with van der Waals surface area (Å²) in [6, 6.07) is 4.71. The number of benzene rings is 1. The highest BCUT2D eigenvalue weighted by atomic mass is 19.4. The fraction of sp³-hybridized carbons (Fsp3) is 0.438. The molecule has 1 aliphatic heterocycles. The molecular formula is C16H18F3NO2. The van der Waals surface area contributed by atoms with Crippen LogP contribution in [0.2, 0.25) is 0 Å². The van der Waals surface area contributed by atoms with E-state index in [2.05, 4.69) is 0 Å². The predicted molar refractivity (Wildman–Crippen MR) is 76.9 cm³/mol. The predicted octanol–water partition coefficient (Wildman–Crippen LogP) is 3.09. The zero-order valence-corrected chi connectivity index (χ0v) is 12.2. The van der Waals surface area contributed by atoms with Crippen LogP contribution in [0.1, 0.15) is 30.9 Å². The monoisotopic (exact) mass is 313 g/mol. The van der Waals surface area contributed by atoms with Crippen LogP contribution in [-0.4, -0.2) is 35.1 Å². The van der Waals surface area contributed by atoms with Crippen molar-refractivity contribution in [3.05, 3.63) is 41.5 Å². The second-order valence-electron chi connectivity index (χ2n) is 5.42. The molecule has 1 saturated heterocycles. The Morgan fingerprint density at radius 2 is 2.18 bits per heavy atom. The van der Waals surface area contributed by atoms with E-state index in [0.29, 0.717) is 17.7 Å². The molecule has 1 fully saturated rings. The van der Waals surface area contributed by atoms with Gasteiger partial charge >= 0.3 is 6.18 Å². The van der Waals surface area contributed by atoms with Gasteiger partial charge in [-0.3, -0.25) is 4.79 Å². The maximum absolute atomic E-state index is 12.7. The maximum Gasteiger partial charge on any atom is 0.416 e. The van der Waals surface area contributed by atoms with Crippen LogP contribution in [0.15, 0.2) is 30.3 Å². The van der Waals surface area contributed by atoms with E-state index in [4.69, 9.17) is 0 Å². The van der Waals surface area contributed by atoms with Gasteiger partial charge in [-0.25, -0.2) is 0 Å². The van der Waals surface area contributed by atoms with E-state index >= 15 is 0 Å². The van der Waals surface area contributed by atoms with Gasteiger partial charge in [0.2, 0.25) is 5.91 Å². The number of rotatable bonds is 3. The van der Waals surface area contributed by atoms with Crippen LogP contribution in [-0.2, 0) is 11.0 Å². The zero-order chi connectivity index (χ0) is 16.3. The van der Waals surface area contributed by atoms with Crippen LogP contribution >= 0.6 is 0 Å². The highest BCUT2D eigenvalue weighted by Crippen LogP contribution is 2.31. The molecule has 1 atom stereocenters. The van der Waals surface area contributed by atoms with Gasteiger partial charge in [-0.05, 0) is 43.0 Å². The molecule has 1 aromatic rings. The normalized spacial score (nSPS) is 19.6. The Labute approximate surface area is 127 Å². The van der Waals surface area contributed by atoms with E-state index in [1.165, 1.54) is 12.1 Å². The number of hydrogen-bond acceptors (Lipinski definition) is 2. The van der Waals surface area contributed by atoms with Gasteiger partial charge in [0.15, 0.2) is 0 Å². The van der Waals surface area contributed by atoms with Crippen LogP contribution in [0.5, 0.6) is 0 Å². The molecule has 2 rings (SSSR count). The summed E-state index contributed by atoms with van der Waals surface area (Å²) in [5, 5.41) is 9.22. The molecular weight excluding hydrogens is 295 g/mol. The number of aliphatic hydroxyl groups is 1. The lowest BCUT2D eigenvalue weighted by molar-refractivity contribution is -0.137. The summed E-state index contributed by atoms with van der Waals surface area (Å²) < 4.78 is 38.1. The molecule has 6 heteroatoms. The standard InChI is InChI=1S/C16H18F3NO2/c1-11(8-15(22)20-7-3-6-14(20)10-21)12-4-2-5-13(9-12)16(17,18)19/h2,4-5,8-9,14,21H,3,6-7,10H2,1H3/b11-8-/t14-/m1/s1. The van der Waals surface area contributed by atoms with Crippen molar-refractivity contribution in [2.75, 3.05) is 13.2 Å². The summed E-state index contributed by atoms with van der Waals surface area (Å²) in [6.07, 6.45) is -1.49. The first-order valence-electron chi connectivity index (χ1n) is 7.10. The average Bonchev–Trinajstić information content (AvgIpc) is 2.95. The minimum atomic E-state index is -4.41.